The quantitative estimate of drug-likeness (QED) is 0.781. The molecule has 0 aromatic heterocycles. The molecule has 0 bridgehead atoms. The smallest absolute Gasteiger partial charge is 0.124 e. The van der Waals surface area contributed by atoms with Crippen molar-refractivity contribution < 1.29 is 9.47 Å². The number of rotatable bonds is 7. The molecule has 1 unspecified atom stereocenters. The second kappa shape index (κ2) is 7.77. The maximum absolute atomic E-state index is 5.78. The van der Waals surface area contributed by atoms with Gasteiger partial charge in [0, 0.05) is 16.1 Å². The van der Waals surface area contributed by atoms with Crippen molar-refractivity contribution >= 4 is 15.9 Å². The van der Waals surface area contributed by atoms with Gasteiger partial charge in [-0.1, -0.05) is 15.9 Å². The molecule has 1 aromatic carbocycles. The molecule has 0 saturated heterocycles. The van der Waals surface area contributed by atoms with Crippen LogP contribution in [0.4, 0.5) is 0 Å². The molecule has 1 N–H and O–H groups in total. The zero-order valence-corrected chi connectivity index (χ0v) is 13.1. The minimum absolute atomic E-state index is 0.245. The highest BCUT2D eigenvalue weighted by Crippen LogP contribution is 2.28. The van der Waals surface area contributed by atoms with Crippen LogP contribution in [0.15, 0.2) is 22.7 Å². The fraction of sp³-hybridized carbons (Fsp3) is 0.571. The van der Waals surface area contributed by atoms with Crippen LogP contribution in [0.5, 0.6) is 5.75 Å². The van der Waals surface area contributed by atoms with Crippen LogP contribution in [-0.2, 0) is 4.74 Å². The molecule has 18 heavy (non-hydrogen) atoms. The second-order valence-electron chi connectivity index (χ2n) is 4.46. The van der Waals surface area contributed by atoms with Crippen LogP contribution in [0.25, 0.3) is 0 Å². The maximum atomic E-state index is 5.78. The van der Waals surface area contributed by atoms with Gasteiger partial charge in [-0.25, -0.2) is 0 Å². The summed E-state index contributed by atoms with van der Waals surface area (Å²) in [6.45, 7) is 7.34. The van der Waals surface area contributed by atoms with E-state index in [2.05, 4.69) is 34.2 Å². The Morgan fingerprint density at radius 1 is 1.22 bits per heavy atom. The summed E-state index contributed by atoms with van der Waals surface area (Å²) in [7, 11) is 1.94. The van der Waals surface area contributed by atoms with E-state index in [0.717, 1.165) is 15.8 Å². The van der Waals surface area contributed by atoms with E-state index < -0.39 is 0 Å². The molecule has 102 valence electrons. The molecule has 1 atom stereocenters. The molecule has 0 fully saturated rings. The Hall–Kier alpha value is -0.580. The van der Waals surface area contributed by atoms with Crippen molar-refractivity contribution in [1.29, 1.82) is 0 Å². The number of hydrogen-bond acceptors (Lipinski definition) is 3. The molecular formula is C14H22BrNO2. The van der Waals surface area contributed by atoms with Crippen LogP contribution >= 0.6 is 15.9 Å². The minimum atomic E-state index is 0.245. The second-order valence-corrected chi connectivity index (χ2v) is 5.38. The topological polar surface area (TPSA) is 30.5 Å². The van der Waals surface area contributed by atoms with Crippen molar-refractivity contribution in [3.8, 4) is 5.75 Å². The Balaban J connectivity index is 2.63. The summed E-state index contributed by atoms with van der Waals surface area (Å²) in [6.07, 6.45) is 0.245. The average molecular weight is 316 g/mol. The van der Waals surface area contributed by atoms with Gasteiger partial charge in [0.15, 0.2) is 0 Å². The molecule has 0 heterocycles. The highest BCUT2D eigenvalue weighted by molar-refractivity contribution is 9.10. The van der Waals surface area contributed by atoms with Crippen molar-refractivity contribution in [3.63, 3.8) is 0 Å². The normalized spacial score (nSPS) is 12.8. The molecule has 0 radical (unpaired) electrons. The van der Waals surface area contributed by atoms with E-state index in [1.165, 1.54) is 0 Å². The van der Waals surface area contributed by atoms with Gasteiger partial charge in [-0.2, -0.15) is 0 Å². The van der Waals surface area contributed by atoms with Gasteiger partial charge < -0.3 is 14.8 Å². The largest absolute Gasteiger partial charge is 0.491 e. The van der Waals surface area contributed by atoms with Gasteiger partial charge in [-0.15, -0.1) is 0 Å². The third kappa shape index (κ3) is 4.96. The lowest BCUT2D eigenvalue weighted by atomic mass is 10.1. The van der Waals surface area contributed by atoms with Crippen molar-refractivity contribution in [2.24, 2.45) is 0 Å². The summed E-state index contributed by atoms with van der Waals surface area (Å²) < 4.78 is 12.3. The van der Waals surface area contributed by atoms with Gasteiger partial charge in [0.2, 0.25) is 0 Å². The van der Waals surface area contributed by atoms with Gasteiger partial charge in [0.1, 0.15) is 12.4 Å². The monoisotopic (exact) mass is 315 g/mol. The van der Waals surface area contributed by atoms with Gasteiger partial charge in [-0.05, 0) is 46.0 Å². The molecule has 1 rings (SSSR count). The fourth-order valence-electron chi connectivity index (χ4n) is 1.58. The predicted octanol–water partition coefficient (Wildman–Crippen LogP) is 3.53. The summed E-state index contributed by atoms with van der Waals surface area (Å²) >= 11 is 3.49. The third-order valence-corrected chi connectivity index (χ3v) is 3.16. The molecule has 0 aliphatic rings. The van der Waals surface area contributed by atoms with Gasteiger partial charge in [0.05, 0.1) is 12.7 Å². The standard InChI is InChI=1S/C14H22BrNO2/c1-10(2)17-7-8-18-14-6-5-12(15)9-13(14)11(3)16-4/h5-6,9-11,16H,7-8H2,1-4H3. The minimum Gasteiger partial charge on any atom is -0.491 e. The van der Waals surface area contributed by atoms with Crippen molar-refractivity contribution in [2.75, 3.05) is 20.3 Å². The Bertz CT molecular complexity index is 369. The van der Waals surface area contributed by atoms with E-state index in [1.54, 1.807) is 0 Å². The Labute approximate surface area is 118 Å². The fourth-order valence-corrected chi connectivity index (χ4v) is 1.96. The zero-order valence-electron chi connectivity index (χ0n) is 11.5. The van der Waals surface area contributed by atoms with Gasteiger partial charge in [-0.3, -0.25) is 0 Å². The first kappa shape index (κ1) is 15.5. The molecule has 0 spiro atoms. The molecule has 1 aromatic rings. The van der Waals surface area contributed by atoms with Crippen LogP contribution in [0.3, 0.4) is 0 Å². The SMILES string of the molecule is CNC(C)c1cc(Br)ccc1OCCOC(C)C. The number of ether oxygens (including phenoxy) is 2. The van der Waals surface area contributed by atoms with Gasteiger partial charge >= 0.3 is 0 Å². The molecule has 0 amide bonds. The number of halogens is 1. The lowest BCUT2D eigenvalue weighted by molar-refractivity contribution is 0.0549. The zero-order chi connectivity index (χ0) is 13.5. The summed E-state index contributed by atoms with van der Waals surface area (Å²) in [6, 6.07) is 6.32. The van der Waals surface area contributed by atoms with E-state index in [0.29, 0.717) is 13.2 Å². The number of hydrogen-bond donors (Lipinski definition) is 1. The summed E-state index contributed by atoms with van der Waals surface area (Å²) in [5.74, 6) is 0.910. The Kier molecular flexibility index (Phi) is 6.68. The number of nitrogens with one attached hydrogen (secondary N) is 1. The van der Waals surface area contributed by atoms with Crippen LogP contribution in [0.1, 0.15) is 32.4 Å². The summed E-state index contributed by atoms with van der Waals surface area (Å²) in [4.78, 5) is 0. The summed E-state index contributed by atoms with van der Waals surface area (Å²) in [5, 5.41) is 3.23. The van der Waals surface area contributed by atoms with E-state index in [4.69, 9.17) is 9.47 Å². The first-order valence-corrected chi connectivity index (χ1v) is 7.05. The van der Waals surface area contributed by atoms with Crippen LogP contribution in [0, 0.1) is 0 Å². The molecule has 3 nitrogen and oxygen atoms in total. The summed E-state index contributed by atoms with van der Waals surface area (Å²) in [5.41, 5.74) is 1.15. The van der Waals surface area contributed by atoms with Crippen LogP contribution in [-0.4, -0.2) is 26.4 Å². The van der Waals surface area contributed by atoms with E-state index in [1.807, 2.05) is 33.0 Å². The van der Waals surface area contributed by atoms with E-state index in [-0.39, 0.29) is 12.1 Å². The Morgan fingerprint density at radius 2 is 1.94 bits per heavy atom. The first-order chi connectivity index (χ1) is 8.54. The average Bonchev–Trinajstić information content (AvgIpc) is 2.34. The molecule has 0 aliphatic heterocycles. The van der Waals surface area contributed by atoms with E-state index in [9.17, 15) is 0 Å². The molecule has 0 saturated carbocycles. The van der Waals surface area contributed by atoms with Crippen molar-refractivity contribution in [1.82, 2.24) is 5.32 Å². The van der Waals surface area contributed by atoms with Crippen molar-refractivity contribution in [2.45, 2.75) is 32.9 Å². The van der Waals surface area contributed by atoms with Crippen LogP contribution < -0.4 is 10.1 Å². The lowest BCUT2D eigenvalue weighted by Gasteiger charge is -2.17. The third-order valence-electron chi connectivity index (χ3n) is 2.66. The molecule has 4 heteroatoms. The van der Waals surface area contributed by atoms with Crippen molar-refractivity contribution in [3.05, 3.63) is 28.2 Å². The molecule has 0 aliphatic carbocycles. The predicted molar refractivity (Wildman–Crippen MR) is 78.2 cm³/mol. The number of benzene rings is 1. The highest BCUT2D eigenvalue weighted by Gasteiger charge is 2.10. The lowest BCUT2D eigenvalue weighted by Crippen LogP contribution is -2.16. The van der Waals surface area contributed by atoms with Crippen LogP contribution in [0.2, 0.25) is 0 Å². The Morgan fingerprint density at radius 3 is 2.56 bits per heavy atom. The van der Waals surface area contributed by atoms with E-state index >= 15 is 0 Å². The molecular weight excluding hydrogens is 294 g/mol. The van der Waals surface area contributed by atoms with Gasteiger partial charge in [0.25, 0.3) is 0 Å². The highest BCUT2D eigenvalue weighted by atomic mass is 79.9. The maximum Gasteiger partial charge on any atom is 0.124 e. The first-order valence-electron chi connectivity index (χ1n) is 6.25.